The number of benzene rings is 2. The minimum atomic E-state index is -0.565. The second kappa shape index (κ2) is 4.66. The van der Waals surface area contributed by atoms with Gasteiger partial charge in [0.2, 0.25) is 0 Å². The number of halogens is 2. The van der Waals surface area contributed by atoms with Crippen LogP contribution in [0.25, 0.3) is 10.8 Å². The third-order valence-electron chi connectivity index (χ3n) is 2.42. The molecule has 0 amide bonds. The van der Waals surface area contributed by atoms with Crippen molar-refractivity contribution >= 4 is 48.6 Å². The van der Waals surface area contributed by atoms with E-state index in [2.05, 4.69) is 36.6 Å². The van der Waals surface area contributed by atoms with Gasteiger partial charge in [0, 0.05) is 4.47 Å². The number of hydrogen-bond acceptors (Lipinski definition) is 3. The Morgan fingerprint density at radius 3 is 2.65 bits per heavy atom. The number of esters is 1. The Morgan fingerprint density at radius 1 is 1.29 bits per heavy atom. The Balaban J connectivity index is 2.80. The summed E-state index contributed by atoms with van der Waals surface area (Å²) in [5.41, 5.74) is 0.143. The van der Waals surface area contributed by atoms with Crippen molar-refractivity contribution in [3.8, 4) is 5.75 Å². The van der Waals surface area contributed by atoms with Gasteiger partial charge < -0.3 is 9.84 Å². The van der Waals surface area contributed by atoms with E-state index >= 15 is 0 Å². The van der Waals surface area contributed by atoms with E-state index in [4.69, 9.17) is 0 Å². The maximum Gasteiger partial charge on any atom is 0.341 e. The van der Waals surface area contributed by atoms with Crippen LogP contribution in [-0.2, 0) is 4.74 Å². The predicted molar refractivity (Wildman–Crippen MR) is 72.4 cm³/mol. The third kappa shape index (κ3) is 2.17. The summed E-state index contributed by atoms with van der Waals surface area (Å²) in [6.07, 6.45) is 0. The van der Waals surface area contributed by atoms with Crippen LogP contribution in [-0.4, -0.2) is 18.2 Å². The summed E-state index contributed by atoms with van der Waals surface area (Å²) in [4.78, 5) is 11.5. The van der Waals surface area contributed by atoms with Crippen molar-refractivity contribution in [2.75, 3.05) is 7.11 Å². The second-order valence-corrected chi connectivity index (χ2v) is 5.15. The van der Waals surface area contributed by atoms with Gasteiger partial charge >= 0.3 is 5.97 Å². The number of phenols is 1. The van der Waals surface area contributed by atoms with E-state index in [-0.39, 0.29) is 11.3 Å². The molecule has 3 nitrogen and oxygen atoms in total. The quantitative estimate of drug-likeness (QED) is 0.786. The molecule has 0 radical (unpaired) electrons. The first-order valence-corrected chi connectivity index (χ1v) is 6.32. The van der Waals surface area contributed by atoms with Gasteiger partial charge in [-0.25, -0.2) is 4.79 Å². The molecule has 0 saturated carbocycles. The van der Waals surface area contributed by atoms with Crippen molar-refractivity contribution < 1.29 is 14.6 Å². The van der Waals surface area contributed by atoms with Crippen LogP contribution in [0, 0.1) is 0 Å². The number of ether oxygens (including phenoxy) is 1. The lowest BCUT2D eigenvalue weighted by molar-refractivity contribution is 0.0597. The van der Waals surface area contributed by atoms with Gasteiger partial charge in [0.15, 0.2) is 0 Å². The Hall–Kier alpha value is -1.07. The standard InChI is InChI=1S/C12H8Br2O3/c1-17-12(16)9-5-6-4-7(13)2-3-8(6)10(14)11(9)15/h2-5,15H,1H3. The molecule has 0 atom stereocenters. The zero-order valence-corrected chi connectivity index (χ0v) is 12.0. The van der Waals surface area contributed by atoms with E-state index in [0.717, 1.165) is 15.2 Å². The van der Waals surface area contributed by atoms with E-state index in [1.165, 1.54) is 7.11 Å². The molecule has 0 aromatic heterocycles. The molecule has 0 aliphatic carbocycles. The van der Waals surface area contributed by atoms with Crippen LogP contribution in [0.4, 0.5) is 0 Å². The van der Waals surface area contributed by atoms with E-state index < -0.39 is 5.97 Å². The highest BCUT2D eigenvalue weighted by molar-refractivity contribution is 9.11. The van der Waals surface area contributed by atoms with Gasteiger partial charge in [0.05, 0.1) is 11.6 Å². The molecule has 0 bridgehead atoms. The maximum atomic E-state index is 11.5. The van der Waals surface area contributed by atoms with Crippen LogP contribution < -0.4 is 0 Å². The number of phenolic OH excluding ortho intramolecular Hbond substituents is 1. The lowest BCUT2D eigenvalue weighted by Crippen LogP contribution is -2.02. The summed E-state index contributed by atoms with van der Waals surface area (Å²) in [5, 5.41) is 11.6. The average Bonchev–Trinajstić information content (AvgIpc) is 2.32. The van der Waals surface area contributed by atoms with Gasteiger partial charge in [-0.15, -0.1) is 0 Å². The van der Waals surface area contributed by atoms with Crippen LogP contribution in [0.3, 0.4) is 0 Å². The molecule has 17 heavy (non-hydrogen) atoms. The zero-order valence-electron chi connectivity index (χ0n) is 8.83. The van der Waals surface area contributed by atoms with E-state index in [9.17, 15) is 9.90 Å². The van der Waals surface area contributed by atoms with Crippen molar-refractivity contribution in [2.24, 2.45) is 0 Å². The topological polar surface area (TPSA) is 46.5 Å². The zero-order chi connectivity index (χ0) is 12.6. The minimum Gasteiger partial charge on any atom is -0.506 e. The molecule has 0 aliphatic rings. The molecule has 2 rings (SSSR count). The Labute approximate surface area is 115 Å². The molecule has 2 aromatic rings. The van der Waals surface area contributed by atoms with Crippen LogP contribution >= 0.6 is 31.9 Å². The van der Waals surface area contributed by atoms with Gasteiger partial charge in [0.25, 0.3) is 0 Å². The number of carbonyl (C=O) groups excluding carboxylic acids is 1. The fourth-order valence-electron chi connectivity index (χ4n) is 1.59. The number of methoxy groups -OCH3 is 1. The van der Waals surface area contributed by atoms with Crippen molar-refractivity contribution in [1.82, 2.24) is 0 Å². The summed E-state index contributed by atoms with van der Waals surface area (Å²) in [7, 11) is 1.28. The SMILES string of the molecule is COC(=O)c1cc2cc(Br)ccc2c(Br)c1O. The number of fused-ring (bicyclic) bond motifs is 1. The van der Waals surface area contributed by atoms with E-state index in [1.54, 1.807) is 6.07 Å². The second-order valence-electron chi connectivity index (χ2n) is 3.44. The highest BCUT2D eigenvalue weighted by atomic mass is 79.9. The van der Waals surface area contributed by atoms with Crippen molar-refractivity contribution in [3.63, 3.8) is 0 Å². The van der Waals surface area contributed by atoms with E-state index in [1.807, 2.05) is 18.2 Å². The number of rotatable bonds is 1. The molecule has 5 heteroatoms. The molecule has 0 saturated heterocycles. The first kappa shape index (κ1) is 12.4. The fraction of sp³-hybridized carbons (Fsp3) is 0.0833. The smallest absolute Gasteiger partial charge is 0.341 e. The summed E-state index contributed by atoms with van der Waals surface area (Å²) in [5.74, 6) is -0.670. The maximum absolute atomic E-state index is 11.5. The molecule has 0 heterocycles. The van der Waals surface area contributed by atoms with Gasteiger partial charge in [-0.05, 0) is 44.9 Å². The first-order valence-electron chi connectivity index (χ1n) is 4.73. The molecule has 0 fully saturated rings. The fourth-order valence-corrected chi connectivity index (χ4v) is 2.54. The predicted octanol–water partition coefficient (Wildman–Crippen LogP) is 3.86. The minimum absolute atomic E-state index is 0.105. The van der Waals surface area contributed by atoms with Crippen LogP contribution in [0.15, 0.2) is 33.2 Å². The van der Waals surface area contributed by atoms with Crippen LogP contribution in [0.5, 0.6) is 5.75 Å². The summed E-state index contributed by atoms with van der Waals surface area (Å²) >= 11 is 6.64. The molecule has 0 spiro atoms. The van der Waals surface area contributed by atoms with Crippen molar-refractivity contribution in [1.29, 1.82) is 0 Å². The molecular formula is C12H8Br2O3. The molecular weight excluding hydrogens is 352 g/mol. The summed E-state index contributed by atoms with van der Waals surface area (Å²) < 4.78 is 6.01. The Bertz CT molecular complexity index is 608. The normalized spacial score (nSPS) is 10.5. The van der Waals surface area contributed by atoms with Gasteiger partial charge in [0.1, 0.15) is 11.3 Å². The lowest BCUT2D eigenvalue weighted by atomic mass is 10.1. The summed E-state index contributed by atoms with van der Waals surface area (Å²) in [6.45, 7) is 0. The lowest BCUT2D eigenvalue weighted by Gasteiger charge is -2.08. The highest BCUT2D eigenvalue weighted by Gasteiger charge is 2.17. The van der Waals surface area contributed by atoms with Crippen molar-refractivity contribution in [2.45, 2.75) is 0 Å². The van der Waals surface area contributed by atoms with Gasteiger partial charge in [-0.1, -0.05) is 22.0 Å². The first-order chi connectivity index (χ1) is 8.04. The molecule has 0 aliphatic heterocycles. The average molecular weight is 360 g/mol. The monoisotopic (exact) mass is 358 g/mol. The molecule has 88 valence electrons. The molecule has 2 aromatic carbocycles. The number of hydrogen-bond donors (Lipinski definition) is 1. The number of carbonyl (C=O) groups is 1. The van der Waals surface area contributed by atoms with Gasteiger partial charge in [-0.2, -0.15) is 0 Å². The molecule has 1 N–H and O–H groups in total. The van der Waals surface area contributed by atoms with Crippen LogP contribution in [0.2, 0.25) is 0 Å². The van der Waals surface area contributed by atoms with E-state index in [0.29, 0.717) is 4.47 Å². The Morgan fingerprint density at radius 2 is 2.00 bits per heavy atom. The Kier molecular flexibility index (Phi) is 3.40. The van der Waals surface area contributed by atoms with Crippen LogP contribution in [0.1, 0.15) is 10.4 Å². The third-order valence-corrected chi connectivity index (χ3v) is 3.71. The highest BCUT2D eigenvalue weighted by Crippen LogP contribution is 2.37. The van der Waals surface area contributed by atoms with Crippen molar-refractivity contribution in [3.05, 3.63) is 38.8 Å². The summed E-state index contributed by atoms with van der Waals surface area (Å²) in [6, 6.07) is 7.19. The number of aromatic hydroxyl groups is 1. The van der Waals surface area contributed by atoms with Gasteiger partial charge in [-0.3, -0.25) is 0 Å². The molecule has 0 unspecified atom stereocenters. The largest absolute Gasteiger partial charge is 0.506 e.